The first-order valence-corrected chi connectivity index (χ1v) is 10.4. The number of likely N-dealkylation sites (N-methyl/N-ethyl adjacent to an activating group) is 2. The van der Waals surface area contributed by atoms with E-state index in [4.69, 9.17) is 35.4 Å². The smallest absolute Gasteiger partial charge is 0.276 e. The Morgan fingerprint density at radius 2 is 1.90 bits per heavy atom. The first-order chi connectivity index (χ1) is 13.9. The fourth-order valence-corrected chi connectivity index (χ4v) is 4.37. The number of hydrogen-bond donors (Lipinski definition) is 0. The Labute approximate surface area is 184 Å². The summed E-state index contributed by atoms with van der Waals surface area (Å²) >= 11 is 17.8. The second kappa shape index (κ2) is 7.82. The van der Waals surface area contributed by atoms with Crippen LogP contribution < -0.4 is 0 Å². The number of halogens is 2. The van der Waals surface area contributed by atoms with Gasteiger partial charge in [-0.25, -0.2) is 0 Å². The van der Waals surface area contributed by atoms with Crippen molar-refractivity contribution in [3.05, 3.63) is 75.5 Å². The minimum atomic E-state index is -0.0717. The van der Waals surface area contributed by atoms with Gasteiger partial charge in [0.15, 0.2) is 5.11 Å². The fourth-order valence-electron chi connectivity index (χ4n) is 3.59. The summed E-state index contributed by atoms with van der Waals surface area (Å²) in [7, 11) is 1.83. The number of fused-ring (bicyclic) bond motifs is 1. The van der Waals surface area contributed by atoms with Crippen LogP contribution in [0.15, 0.2) is 54.4 Å². The quantitative estimate of drug-likeness (QED) is 0.398. The highest BCUT2D eigenvalue weighted by atomic mass is 35.5. The molecule has 1 saturated heterocycles. The van der Waals surface area contributed by atoms with Crippen molar-refractivity contribution in [1.82, 2.24) is 14.4 Å². The molecule has 0 unspecified atom stereocenters. The van der Waals surface area contributed by atoms with Crippen LogP contribution in [0, 0.1) is 0 Å². The van der Waals surface area contributed by atoms with Gasteiger partial charge in [0.05, 0.1) is 0 Å². The van der Waals surface area contributed by atoms with Crippen LogP contribution in [-0.4, -0.2) is 39.0 Å². The molecule has 29 heavy (non-hydrogen) atoms. The Bertz CT molecular complexity index is 1170. The highest BCUT2D eigenvalue weighted by Gasteiger charge is 2.34. The molecule has 1 fully saturated rings. The monoisotopic (exact) mass is 443 g/mol. The van der Waals surface area contributed by atoms with Crippen molar-refractivity contribution < 1.29 is 4.79 Å². The van der Waals surface area contributed by atoms with Gasteiger partial charge >= 0.3 is 0 Å². The first-order valence-electron chi connectivity index (χ1n) is 9.23. The standard InChI is InChI=1S/C22H19Cl2N3OS/c1-3-27-21(28)20(25(2)22(27)29)10-15-13-26(19-7-5-4-6-17(15)19)12-14-8-9-16(23)11-18(14)24/h4-11,13H,3,12H2,1-2H3/b20-10-. The molecule has 2 heterocycles. The lowest BCUT2D eigenvalue weighted by Gasteiger charge is -2.13. The second-order valence-electron chi connectivity index (χ2n) is 6.89. The van der Waals surface area contributed by atoms with Gasteiger partial charge in [-0.05, 0) is 49.0 Å². The van der Waals surface area contributed by atoms with Crippen LogP contribution in [-0.2, 0) is 11.3 Å². The summed E-state index contributed by atoms with van der Waals surface area (Å²) in [5.74, 6) is -0.0717. The third-order valence-corrected chi connectivity index (χ3v) is 6.21. The molecule has 1 aromatic heterocycles. The molecule has 0 atom stereocenters. The topological polar surface area (TPSA) is 28.5 Å². The molecule has 1 aliphatic rings. The van der Waals surface area contributed by atoms with Gasteiger partial charge in [0, 0.05) is 52.8 Å². The summed E-state index contributed by atoms with van der Waals surface area (Å²) < 4.78 is 2.13. The van der Waals surface area contributed by atoms with Crippen molar-refractivity contribution in [2.45, 2.75) is 13.5 Å². The van der Waals surface area contributed by atoms with Crippen molar-refractivity contribution in [3.8, 4) is 0 Å². The van der Waals surface area contributed by atoms with Crippen LogP contribution in [0.1, 0.15) is 18.1 Å². The zero-order chi connectivity index (χ0) is 20.7. The lowest BCUT2D eigenvalue weighted by molar-refractivity contribution is -0.122. The molecule has 0 aliphatic carbocycles. The molecule has 7 heteroatoms. The van der Waals surface area contributed by atoms with E-state index in [9.17, 15) is 4.79 Å². The maximum absolute atomic E-state index is 12.8. The molecule has 0 spiro atoms. The number of hydrogen-bond acceptors (Lipinski definition) is 2. The summed E-state index contributed by atoms with van der Waals surface area (Å²) in [6.07, 6.45) is 3.95. The molecule has 1 amide bonds. The summed E-state index contributed by atoms with van der Waals surface area (Å²) in [5.41, 5.74) is 3.57. The van der Waals surface area contributed by atoms with Gasteiger partial charge in [-0.3, -0.25) is 9.69 Å². The van der Waals surface area contributed by atoms with E-state index in [1.165, 1.54) is 0 Å². The maximum atomic E-state index is 12.8. The molecular formula is C22H19Cl2N3OS. The molecule has 1 aliphatic heterocycles. The molecule has 2 aromatic carbocycles. The Balaban J connectivity index is 1.79. The summed E-state index contributed by atoms with van der Waals surface area (Å²) in [5, 5.41) is 2.83. The Kier molecular flexibility index (Phi) is 5.38. The molecule has 148 valence electrons. The van der Waals surface area contributed by atoms with Crippen LogP contribution in [0.2, 0.25) is 10.0 Å². The van der Waals surface area contributed by atoms with Gasteiger partial charge in [0.2, 0.25) is 0 Å². The average molecular weight is 444 g/mol. The van der Waals surface area contributed by atoms with Crippen LogP contribution in [0.4, 0.5) is 0 Å². The van der Waals surface area contributed by atoms with Gasteiger partial charge in [-0.15, -0.1) is 0 Å². The molecule has 4 nitrogen and oxygen atoms in total. The minimum absolute atomic E-state index is 0.0717. The summed E-state index contributed by atoms with van der Waals surface area (Å²) in [6, 6.07) is 13.6. The van der Waals surface area contributed by atoms with E-state index in [0.29, 0.717) is 33.9 Å². The number of para-hydroxylation sites is 1. The summed E-state index contributed by atoms with van der Waals surface area (Å²) in [4.78, 5) is 16.1. The molecule has 0 N–H and O–H groups in total. The molecule has 0 bridgehead atoms. The van der Waals surface area contributed by atoms with Crippen molar-refractivity contribution in [2.24, 2.45) is 0 Å². The van der Waals surface area contributed by atoms with Crippen molar-refractivity contribution in [1.29, 1.82) is 0 Å². The number of aromatic nitrogens is 1. The van der Waals surface area contributed by atoms with E-state index in [1.54, 1.807) is 15.9 Å². The number of carbonyl (C=O) groups excluding carboxylic acids is 1. The number of amides is 1. The molecule has 0 saturated carbocycles. The van der Waals surface area contributed by atoms with E-state index in [2.05, 4.69) is 16.7 Å². The number of carbonyl (C=O) groups is 1. The van der Waals surface area contributed by atoms with Gasteiger partial charge < -0.3 is 9.47 Å². The van der Waals surface area contributed by atoms with Gasteiger partial charge in [-0.1, -0.05) is 47.5 Å². The van der Waals surface area contributed by atoms with Crippen molar-refractivity contribution >= 4 is 63.4 Å². The summed E-state index contributed by atoms with van der Waals surface area (Å²) in [6.45, 7) is 3.07. The first kappa shape index (κ1) is 20.0. The number of rotatable bonds is 4. The molecule has 3 aromatic rings. The number of nitrogens with zero attached hydrogens (tertiary/aromatic N) is 3. The number of thiocarbonyl (C=S) groups is 1. The normalized spacial score (nSPS) is 15.9. The van der Waals surface area contributed by atoms with Crippen LogP contribution in [0.3, 0.4) is 0 Å². The zero-order valence-corrected chi connectivity index (χ0v) is 18.4. The molecule has 4 rings (SSSR count). The van der Waals surface area contributed by atoms with E-state index in [1.807, 2.05) is 50.5 Å². The Morgan fingerprint density at radius 3 is 2.59 bits per heavy atom. The largest absolute Gasteiger partial charge is 0.342 e. The van der Waals surface area contributed by atoms with Crippen molar-refractivity contribution in [3.63, 3.8) is 0 Å². The predicted molar refractivity (Wildman–Crippen MR) is 123 cm³/mol. The van der Waals surface area contributed by atoms with Crippen molar-refractivity contribution in [2.75, 3.05) is 13.6 Å². The lowest BCUT2D eigenvalue weighted by atomic mass is 10.1. The Morgan fingerprint density at radius 1 is 1.14 bits per heavy atom. The average Bonchev–Trinajstić information content (AvgIpc) is 3.14. The second-order valence-corrected chi connectivity index (χ2v) is 8.09. The number of benzene rings is 2. The molecule has 0 radical (unpaired) electrons. The highest BCUT2D eigenvalue weighted by Crippen LogP contribution is 2.29. The van der Waals surface area contributed by atoms with Crippen LogP contribution >= 0.6 is 35.4 Å². The maximum Gasteiger partial charge on any atom is 0.276 e. The zero-order valence-electron chi connectivity index (χ0n) is 16.0. The Hall–Kier alpha value is -2.34. The van der Waals surface area contributed by atoms with Gasteiger partial charge in [0.1, 0.15) is 5.70 Å². The fraction of sp³-hybridized carbons (Fsp3) is 0.182. The van der Waals surface area contributed by atoms with E-state index < -0.39 is 0 Å². The highest BCUT2D eigenvalue weighted by molar-refractivity contribution is 7.80. The van der Waals surface area contributed by atoms with Gasteiger partial charge in [-0.2, -0.15) is 0 Å². The third kappa shape index (κ3) is 3.54. The van der Waals surface area contributed by atoms with E-state index in [0.717, 1.165) is 22.0 Å². The lowest BCUT2D eigenvalue weighted by Crippen LogP contribution is -2.30. The SMILES string of the molecule is CCN1C(=O)/C(=C/c2cn(Cc3ccc(Cl)cc3Cl)c3ccccc23)N(C)C1=S. The third-order valence-electron chi connectivity index (χ3n) is 5.13. The van der Waals surface area contributed by atoms with Crippen LogP contribution in [0.5, 0.6) is 0 Å². The van der Waals surface area contributed by atoms with E-state index in [-0.39, 0.29) is 5.91 Å². The van der Waals surface area contributed by atoms with E-state index >= 15 is 0 Å². The molecular weight excluding hydrogens is 425 g/mol. The minimum Gasteiger partial charge on any atom is -0.342 e. The predicted octanol–water partition coefficient (Wildman–Crippen LogP) is 5.42. The van der Waals surface area contributed by atoms with Gasteiger partial charge in [0.25, 0.3) is 5.91 Å². The van der Waals surface area contributed by atoms with Crippen LogP contribution in [0.25, 0.3) is 17.0 Å².